The van der Waals surface area contributed by atoms with E-state index in [0.717, 1.165) is 36.8 Å². The molecule has 0 aliphatic heterocycles. The SMILES string of the molecule is CCC(C)(C)c1ccc(OCCCCNC(=O)c2cc(OCCBr)c3ccccc3c2O)c(C(C)(C)CC)c1. The van der Waals surface area contributed by atoms with Gasteiger partial charge in [0, 0.05) is 28.2 Å². The van der Waals surface area contributed by atoms with Gasteiger partial charge in [0.25, 0.3) is 5.91 Å². The highest BCUT2D eigenvalue weighted by molar-refractivity contribution is 9.09. The van der Waals surface area contributed by atoms with Crippen LogP contribution < -0.4 is 14.8 Å². The van der Waals surface area contributed by atoms with E-state index in [-0.39, 0.29) is 28.1 Å². The summed E-state index contributed by atoms with van der Waals surface area (Å²) in [5, 5.41) is 15.8. The Morgan fingerprint density at radius 1 is 0.872 bits per heavy atom. The predicted octanol–water partition coefficient (Wildman–Crippen LogP) is 8.28. The van der Waals surface area contributed by atoms with Gasteiger partial charge in [-0.2, -0.15) is 0 Å². The Bertz CT molecular complexity index is 1270. The summed E-state index contributed by atoms with van der Waals surface area (Å²) in [6.07, 6.45) is 3.67. The van der Waals surface area contributed by atoms with Gasteiger partial charge in [0.1, 0.15) is 17.2 Å². The molecule has 0 bridgehead atoms. The van der Waals surface area contributed by atoms with Gasteiger partial charge in [0.15, 0.2) is 0 Å². The maximum atomic E-state index is 12.9. The lowest BCUT2D eigenvalue weighted by molar-refractivity contribution is 0.0949. The van der Waals surface area contributed by atoms with E-state index in [1.54, 1.807) is 12.1 Å². The number of carbonyl (C=O) groups excluding carboxylic acids is 1. The number of hydrogen-bond acceptors (Lipinski definition) is 4. The molecule has 6 heteroatoms. The number of carbonyl (C=O) groups is 1. The van der Waals surface area contributed by atoms with Crippen molar-refractivity contribution in [2.24, 2.45) is 0 Å². The molecule has 0 aliphatic carbocycles. The Kier molecular flexibility index (Phi) is 10.7. The summed E-state index contributed by atoms with van der Waals surface area (Å²) >= 11 is 3.37. The van der Waals surface area contributed by atoms with E-state index in [4.69, 9.17) is 9.47 Å². The molecule has 0 unspecified atom stereocenters. The van der Waals surface area contributed by atoms with Crippen molar-refractivity contribution < 1.29 is 19.4 Å². The molecule has 0 fully saturated rings. The fourth-order valence-corrected chi connectivity index (χ4v) is 4.64. The van der Waals surface area contributed by atoms with Crippen LogP contribution >= 0.6 is 15.9 Å². The summed E-state index contributed by atoms with van der Waals surface area (Å²) < 4.78 is 12.1. The molecule has 3 aromatic carbocycles. The number of ether oxygens (including phenoxy) is 2. The van der Waals surface area contributed by atoms with Crippen LogP contribution in [0, 0.1) is 0 Å². The Morgan fingerprint density at radius 3 is 2.21 bits per heavy atom. The third-order valence-corrected chi connectivity index (χ3v) is 8.25. The summed E-state index contributed by atoms with van der Waals surface area (Å²) in [5.41, 5.74) is 2.95. The lowest BCUT2D eigenvalue weighted by atomic mass is 9.76. The molecule has 212 valence electrons. The quantitative estimate of drug-likeness (QED) is 0.145. The smallest absolute Gasteiger partial charge is 0.255 e. The topological polar surface area (TPSA) is 67.8 Å². The third kappa shape index (κ3) is 7.47. The molecular formula is C33H44BrNO4. The highest BCUT2D eigenvalue weighted by Gasteiger charge is 2.26. The van der Waals surface area contributed by atoms with Crippen molar-refractivity contribution >= 4 is 32.6 Å². The zero-order chi connectivity index (χ0) is 28.6. The lowest BCUT2D eigenvalue weighted by Gasteiger charge is -2.30. The summed E-state index contributed by atoms with van der Waals surface area (Å²) in [7, 11) is 0. The van der Waals surface area contributed by atoms with E-state index in [2.05, 4.69) is 81.0 Å². The van der Waals surface area contributed by atoms with E-state index in [9.17, 15) is 9.90 Å². The molecule has 39 heavy (non-hydrogen) atoms. The molecule has 0 saturated heterocycles. The zero-order valence-corrected chi connectivity index (χ0v) is 25.9. The number of aromatic hydroxyl groups is 1. The van der Waals surface area contributed by atoms with Gasteiger partial charge < -0.3 is 19.9 Å². The highest BCUT2D eigenvalue weighted by atomic mass is 79.9. The van der Waals surface area contributed by atoms with Crippen LogP contribution in [0.25, 0.3) is 10.8 Å². The van der Waals surface area contributed by atoms with Crippen LogP contribution in [-0.2, 0) is 10.8 Å². The van der Waals surface area contributed by atoms with Crippen LogP contribution in [0.1, 0.15) is 88.7 Å². The first-order valence-corrected chi connectivity index (χ1v) is 15.2. The van der Waals surface area contributed by atoms with E-state index in [1.165, 1.54) is 11.1 Å². The number of rotatable bonds is 14. The number of alkyl halides is 1. The van der Waals surface area contributed by atoms with Crippen LogP contribution in [0.5, 0.6) is 17.2 Å². The second-order valence-corrected chi connectivity index (χ2v) is 12.1. The minimum absolute atomic E-state index is 0.0160. The van der Waals surface area contributed by atoms with Crippen molar-refractivity contribution in [3.8, 4) is 17.2 Å². The first-order valence-electron chi connectivity index (χ1n) is 14.0. The minimum Gasteiger partial charge on any atom is -0.506 e. The van der Waals surface area contributed by atoms with E-state index < -0.39 is 0 Å². The number of benzene rings is 3. The number of hydrogen-bond donors (Lipinski definition) is 2. The van der Waals surface area contributed by atoms with Gasteiger partial charge in [0.2, 0.25) is 0 Å². The molecule has 0 atom stereocenters. The van der Waals surface area contributed by atoms with Crippen LogP contribution in [0.15, 0.2) is 48.5 Å². The second-order valence-electron chi connectivity index (χ2n) is 11.4. The van der Waals surface area contributed by atoms with Crippen molar-refractivity contribution in [1.29, 1.82) is 0 Å². The third-order valence-electron chi connectivity index (χ3n) is 7.93. The van der Waals surface area contributed by atoms with Crippen LogP contribution in [0.2, 0.25) is 0 Å². The zero-order valence-electron chi connectivity index (χ0n) is 24.3. The Labute approximate surface area is 242 Å². The lowest BCUT2D eigenvalue weighted by Crippen LogP contribution is -2.25. The molecule has 0 spiro atoms. The molecular weight excluding hydrogens is 554 g/mol. The van der Waals surface area contributed by atoms with Gasteiger partial charge in [-0.05, 0) is 54.2 Å². The largest absolute Gasteiger partial charge is 0.506 e. The average molecular weight is 599 g/mol. The van der Waals surface area contributed by atoms with Gasteiger partial charge in [-0.25, -0.2) is 0 Å². The van der Waals surface area contributed by atoms with Crippen molar-refractivity contribution in [3.05, 3.63) is 65.2 Å². The number of phenolic OH excluding ortho intramolecular Hbond substituents is 1. The molecule has 0 aromatic heterocycles. The van der Waals surface area contributed by atoms with Crippen LogP contribution in [-0.4, -0.2) is 36.1 Å². The molecule has 0 radical (unpaired) electrons. The summed E-state index contributed by atoms with van der Waals surface area (Å²) in [4.78, 5) is 12.9. The number of nitrogens with one attached hydrogen (secondary N) is 1. The maximum absolute atomic E-state index is 12.9. The second kappa shape index (κ2) is 13.6. The van der Waals surface area contributed by atoms with Gasteiger partial charge in [-0.15, -0.1) is 0 Å². The maximum Gasteiger partial charge on any atom is 0.255 e. The summed E-state index contributed by atoms with van der Waals surface area (Å²) in [6.45, 7) is 15.1. The van der Waals surface area contributed by atoms with E-state index in [1.807, 2.05) is 18.2 Å². The highest BCUT2D eigenvalue weighted by Crippen LogP contribution is 2.39. The fraction of sp³-hybridized carbons (Fsp3) is 0.485. The number of amides is 1. The Balaban J connectivity index is 1.60. The normalized spacial score (nSPS) is 12.0. The number of halogens is 1. The molecule has 3 rings (SSSR count). The van der Waals surface area contributed by atoms with Gasteiger partial charge >= 0.3 is 0 Å². The van der Waals surface area contributed by atoms with E-state index in [0.29, 0.717) is 36.2 Å². The first-order chi connectivity index (χ1) is 18.6. The summed E-state index contributed by atoms with van der Waals surface area (Å²) in [5.74, 6) is 1.18. The van der Waals surface area contributed by atoms with Crippen molar-refractivity contribution in [3.63, 3.8) is 0 Å². The number of unbranched alkanes of at least 4 members (excludes halogenated alkanes) is 1. The first kappa shape index (κ1) is 30.8. The fourth-order valence-electron chi connectivity index (χ4n) is 4.47. The molecule has 2 N–H and O–H groups in total. The molecule has 1 amide bonds. The number of phenols is 1. The van der Waals surface area contributed by atoms with Crippen molar-refractivity contribution in [2.45, 2.75) is 78.1 Å². The molecule has 3 aromatic rings. The van der Waals surface area contributed by atoms with Crippen LogP contribution in [0.4, 0.5) is 0 Å². The molecule has 0 aliphatic rings. The van der Waals surface area contributed by atoms with Crippen LogP contribution in [0.3, 0.4) is 0 Å². The summed E-state index contributed by atoms with van der Waals surface area (Å²) in [6, 6.07) is 15.7. The molecule has 0 saturated carbocycles. The molecule has 0 heterocycles. The Morgan fingerprint density at radius 2 is 1.54 bits per heavy atom. The minimum atomic E-state index is -0.316. The van der Waals surface area contributed by atoms with Crippen molar-refractivity contribution in [1.82, 2.24) is 5.32 Å². The number of fused-ring (bicyclic) bond motifs is 1. The van der Waals surface area contributed by atoms with Gasteiger partial charge in [0.05, 0.1) is 18.8 Å². The van der Waals surface area contributed by atoms with E-state index >= 15 is 0 Å². The standard InChI is InChI=1S/C33H44BrNO4/c1-7-32(3,4)23-15-16-28(27(21-23)33(5,6)8-2)38-19-12-11-18-35-31(37)26-22-29(39-20-17-34)24-13-9-10-14-25(24)30(26)36/h9-10,13-16,21-22,36H,7-8,11-12,17-20H2,1-6H3,(H,35,37). The van der Waals surface area contributed by atoms with Crippen molar-refractivity contribution in [2.75, 3.05) is 25.1 Å². The monoisotopic (exact) mass is 597 g/mol. The Hall–Kier alpha value is -2.73. The molecule has 5 nitrogen and oxygen atoms in total. The van der Waals surface area contributed by atoms with Gasteiger partial charge in [-0.1, -0.05) is 93.9 Å². The predicted molar refractivity (Wildman–Crippen MR) is 165 cm³/mol. The average Bonchev–Trinajstić information content (AvgIpc) is 2.94. The van der Waals surface area contributed by atoms with Gasteiger partial charge in [-0.3, -0.25) is 4.79 Å².